The quantitative estimate of drug-likeness (QED) is 0.620. The van der Waals surface area contributed by atoms with Gasteiger partial charge in [-0.2, -0.15) is 0 Å². The number of para-hydroxylation sites is 1. The first-order valence-corrected chi connectivity index (χ1v) is 10.2. The van der Waals surface area contributed by atoms with E-state index in [9.17, 15) is 0 Å². The predicted molar refractivity (Wildman–Crippen MR) is 106 cm³/mol. The molecule has 3 aromatic rings. The Morgan fingerprint density at radius 3 is 2.54 bits per heavy atom. The fourth-order valence-electron chi connectivity index (χ4n) is 3.30. The Labute approximate surface area is 158 Å². The first-order chi connectivity index (χ1) is 12.9. The molecule has 1 aromatic carbocycles. The van der Waals surface area contributed by atoms with E-state index in [-0.39, 0.29) is 0 Å². The Bertz CT molecular complexity index is 813. The molecule has 1 saturated heterocycles. The molecule has 1 aliphatic rings. The van der Waals surface area contributed by atoms with Crippen LogP contribution in [0.4, 0.5) is 0 Å². The lowest BCUT2D eigenvalue weighted by Crippen LogP contribution is -2.31. The Morgan fingerprint density at radius 2 is 1.77 bits per heavy atom. The van der Waals surface area contributed by atoms with Gasteiger partial charge in [0.25, 0.3) is 0 Å². The van der Waals surface area contributed by atoms with Crippen LogP contribution in [0.5, 0.6) is 0 Å². The average Bonchev–Trinajstić information content (AvgIpc) is 3.14. The monoisotopic (exact) mass is 365 g/mol. The predicted octanol–water partition coefficient (Wildman–Crippen LogP) is 3.91. The van der Waals surface area contributed by atoms with Crippen LogP contribution in [-0.4, -0.2) is 50.0 Å². The summed E-state index contributed by atoms with van der Waals surface area (Å²) in [6.07, 6.45) is 7.65. The van der Waals surface area contributed by atoms with E-state index < -0.39 is 0 Å². The second-order valence-corrected chi connectivity index (χ2v) is 7.53. The zero-order valence-electron chi connectivity index (χ0n) is 14.8. The minimum absolute atomic E-state index is 0.838. The fourth-order valence-corrected chi connectivity index (χ4v) is 4.26. The summed E-state index contributed by atoms with van der Waals surface area (Å²) in [5, 5.41) is 9.88. The molecule has 0 unspecified atom stereocenters. The number of thioether (sulfide) groups is 1. The van der Waals surface area contributed by atoms with Crippen molar-refractivity contribution in [1.29, 1.82) is 0 Å². The lowest BCUT2D eigenvalue weighted by Gasteiger charge is -2.25. The van der Waals surface area contributed by atoms with Crippen molar-refractivity contribution in [3.63, 3.8) is 0 Å². The summed E-state index contributed by atoms with van der Waals surface area (Å²) in [4.78, 5) is 6.79. The maximum atomic E-state index is 4.48. The number of hydrogen-bond donors (Lipinski definition) is 0. The van der Waals surface area contributed by atoms with Gasteiger partial charge in [-0.05, 0) is 50.2 Å². The zero-order valence-corrected chi connectivity index (χ0v) is 15.6. The molecule has 2 aromatic heterocycles. The minimum atomic E-state index is 0.838. The SMILES string of the molecule is c1ccc(-n2c(SCCN3CCCCC3)nnc2-c2cccnc2)cc1. The molecule has 0 N–H and O–H groups in total. The summed E-state index contributed by atoms with van der Waals surface area (Å²) >= 11 is 1.78. The fraction of sp³-hybridized carbons (Fsp3) is 0.350. The van der Waals surface area contributed by atoms with Crippen molar-refractivity contribution in [2.45, 2.75) is 24.4 Å². The molecule has 0 spiro atoms. The first-order valence-electron chi connectivity index (χ1n) is 9.18. The van der Waals surface area contributed by atoms with Gasteiger partial charge in [-0.25, -0.2) is 0 Å². The van der Waals surface area contributed by atoms with Gasteiger partial charge in [0, 0.05) is 35.9 Å². The van der Waals surface area contributed by atoms with E-state index in [0.717, 1.165) is 34.5 Å². The molecule has 0 bridgehead atoms. The van der Waals surface area contributed by atoms with Crippen LogP contribution in [0.2, 0.25) is 0 Å². The Morgan fingerprint density at radius 1 is 0.923 bits per heavy atom. The highest BCUT2D eigenvalue weighted by molar-refractivity contribution is 7.99. The van der Waals surface area contributed by atoms with Crippen molar-refractivity contribution >= 4 is 11.8 Å². The molecule has 0 aliphatic carbocycles. The molecule has 4 rings (SSSR count). The van der Waals surface area contributed by atoms with E-state index in [1.807, 2.05) is 36.5 Å². The molecule has 0 radical (unpaired) electrons. The molecule has 0 amide bonds. The summed E-state index contributed by atoms with van der Waals surface area (Å²) in [5.41, 5.74) is 2.06. The highest BCUT2D eigenvalue weighted by atomic mass is 32.2. The number of rotatable bonds is 6. The van der Waals surface area contributed by atoms with E-state index in [2.05, 4.69) is 36.8 Å². The molecule has 3 heterocycles. The summed E-state index contributed by atoms with van der Waals surface area (Å²) in [5.74, 6) is 1.86. The van der Waals surface area contributed by atoms with Gasteiger partial charge in [0.15, 0.2) is 11.0 Å². The van der Waals surface area contributed by atoms with Crippen LogP contribution in [0.1, 0.15) is 19.3 Å². The van der Waals surface area contributed by atoms with Crippen LogP contribution in [0.3, 0.4) is 0 Å². The largest absolute Gasteiger partial charge is 0.303 e. The van der Waals surface area contributed by atoms with Crippen molar-refractivity contribution in [2.24, 2.45) is 0 Å². The number of likely N-dealkylation sites (tertiary alicyclic amines) is 1. The summed E-state index contributed by atoms with van der Waals surface area (Å²) in [6, 6.07) is 14.3. The Kier molecular flexibility index (Phi) is 5.62. The van der Waals surface area contributed by atoms with Crippen LogP contribution in [0, 0.1) is 0 Å². The third-order valence-electron chi connectivity index (χ3n) is 4.65. The highest BCUT2D eigenvalue weighted by Gasteiger charge is 2.17. The van der Waals surface area contributed by atoms with Crippen LogP contribution < -0.4 is 0 Å². The topological polar surface area (TPSA) is 46.8 Å². The number of hydrogen-bond acceptors (Lipinski definition) is 5. The summed E-state index contributed by atoms with van der Waals surface area (Å²) < 4.78 is 2.14. The maximum Gasteiger partial charge on any atom is 0.196 e. The van der Waals surface area contributed by atoms with Gasteiger partial charge in [-0.15, -0.1) is 10.2 Å². The van der Waals surface area contributed by atoms with Gasteiger partial charge in [0.05, 0.1) is 0 Å². The maximum absolute atomic E-state index is 4.48. The molecule has 0 atom stereocenters. The number of pyridine rings is 1. The van der Waals surface area contributed by atoms with Gasteiger partial charge in [0.2, 0.25) is 0 Å². The molecular formula is C20H23N5S. The molecule has 6 heteroatoms. The lowest BCUT2D eigenvalue weighted by molar-refractivity contribution is 0.242. The van der Waals surface area contributed by atoms with E-state index in [4.69, 9.17) is 0 Å². The highest BCUT2D eigenvalue weighted by Crippen LogP contribution is 2.27. The molecule has 0 saturated carbocycles. The van der Waals surface area contributed by atoms with Crippen LogP contribution >= 0.6 is 11.8 Å². The van der Waals surface area contributed by atoms with Gasteiger partial charge in [0.1, 0.15) is 0 Å². The van der Waals surface area contributed by atoms with Gasteiger partial charge >= 0.3 is 0 Å². The van der Waals surface area contributed by atoms with E-state index >= 15 is 0 Å². The van der Waals surface area contributed by atoms with Crippen molar-refractivity contribution in [3.8, 4) is 17.1 Å². The van der Waals surface area contributed by atoms with Gasteiger partial charge in [-0.1, -0.05) is 36.4 Å². The van der Waals surface area contributed by atoms with Gasteiger partial charge in [-0.3, -0.25) is 9.55 Å². The molecule has 1 aliphatic heterocycles. The standard InChI is InChI=1S/C20H23N5S/c1-3-9-18(10-4-1)25-19(17-8-7-11-21-16-17)22-23-20(25)26-15-14-24-12-5-2-6-13-24/h1,3-4,7-11,16H,2,5-6,12-15H2. The van der Waals surface area contributed by atoms with E-state index in [1.54, 1.807) is 18.0 Å². The molecular weight excluding hydrogens is 342 g/mol. The Hall–Kier alpha value is -2.18. The molecule has 26 heavy (non-hydrogen) atoms. The van der Waals surface area contributed by atoms with E-state index in [1.165, 1.54) is 32.4 Å². The first kappa shape index (κ1) is 17.2. The third-order valence-corrected chi connectivity index (χ3v) is 5.56. The van der Waals surface area contributed by atoms with Crippen molar-refractivity contribution in [1.82, 2.24) is 24.6 Å². The Balaban J connectivity index is 1.57. The molecule has 1 fully saturated rings. The summed E-state index contributed by atoms with van der Waals surface area (Å²) in [7, 11) is 0. The normalized spacial score (nSPS) is 15.2. The number of benzene rings is 1. The third kappa shape index (κ3) is 3.97. The zero-order chi connectivity index (χ0) is 17.6. The van der Waals surface area contributed by atoms with Crippen molar-refractivity contribution in [2.75, 3.05) is 25.4 Å². The van der Waals surface area contributed by atoms with Crippen LogP contribution in [-0.2, 0) is 0 Å². The summed E-state index contributed by atoms with van der Waals surface area (Å²) in [6.45, 7) is 3.56. The lowest BCUT2D eigenvalue weighted by atomic mass is 10.1. The smallest absolute Gasteiger partial charge is 0.196 e. The van der Waals surface area contributed by atoms with Crippen LogP contribution in [0.25, 0.3) is 17.1 Å². The van der Waals surface area contributed by atoms with E-state index in [0.29, 0.717) is 0 Å². The molecule has 5 nitrogen and oxygen atoms in total. The van der Waals surface area contributed by atoms with Gasteiger partial charge < -0.3 is 4.90 Å². The number of aromatic nitrogens is 4. The van der Waals surface area contributed by atoms with Crippen molar-refractivity contribution in [3.05, 3.63) is 54.9 Å². The number of nitrogens with zero attached hydrogens (tertiary/aromatic N) is 5. The van der Waals surface area contributed by atoms with Crippen LogP contribution in [0.15, 0.2) is 60.0 Å². The number of piperidine rings is 1. The van der Waals surface area contributed by atoms with Crippen molar-refractivity contribution < 1.29 is 0 Å². The second kappa shape index (κ2) is 8.47. The molecule has 134 valence electrons. The minimum Gasteiger partial charge on any atom is -0.303 e. The second-order valence-electron chi connectivity index (χ2n) is 6.47. The average molecular weight is 366 g/mol.